The molecular weight excluding hydrogens is 423 g/mol. The Labute approximate surface area is 189 Å². The van der Waals surface area contributed by atoms with E-state index in [0.717, 1.165) is 36.2 Å². The average molecular weight is 461 g/mol. The van der Waals surface area contributed by atoms with E-state index in [1.807, 2.05) is 0 Å². The average Bonchev–Trinajstić information content (AvgIpc) is 2.77. The third-order valence-corrected chi connectivity index (χ3v) is 7.76. The number of benzene rings is 1. The fraction of sp³-hybridized carbons (Fsp3) is 0.769. The Hall–Kier alpha value is -1.33. The Bertz CT molecular complexity index is 668. The summed E-state index contributed by atoms with van der Waals surface area (Å²) in [5, 5.41) is 0. The normalized spacial score (nSPS) is 27.3. The molecule has 182 valence electrons. The van der Waals surface area contributed by atoms with Crippen LogP contribution in [0.25, 0.3) is 0 Å². The molecule has 32 heavy (non-hydrogen) atoms. The van der Waals surface area contributed by atoms with E-state index in [2.05, 4.69) is 11.7 Å². The van der Waals surface area contributed by atoms with Gasteiger partial charge in [0.15, 0.2) is 0 Å². The monoisotopic (exact) mass is 460 g/mol. The molecule has 0 bridgehead atoms. The Kier molecular flexibility index (Phi) is 8.85. The fourth-order valence-corrected chi connectivity index (χ4v) is 5.69. The first-order valence-electron chi connectivity index (χ1n) is 12.4. The topological polar surface area (TPSA) is 9.23 Å². The first-order valence-corrected chi connectivity index (χ1v) is 12.4. The van der Waals surface area contributed by atoms with Crippen LogP contribution in [-0.2, 0) is 6.42 Å². The van der Waals surface area contributed by atoms with E-state index < -0.39 is 18.0 Å². The van der Waals surface area contributed by atoms with Crippen LogP contribution in [0.3, 0.4) is 0 Å². The van der Waals surface area contributed by atoms with Crippen LogP contribution in [0.4, 0.5) is 22.0 Å². The van der Waals surface area contributed by atoms with E-state index in [0.29, 0.717) is 5.92 Å². The van der Waals surface area contributed by atoms with Crippen molar-refractivity contribution < 1.29 is 26.7 Å². The standard InChI is InChI=1S/C26H37F5O/c1-2-3-4-19-7-13-22(14-8-19)23-15-9-20(10-16-23)5-6-21-11-17-24(18-12-21)32-26(30,31)25(27,28)29/h11-12,17-20,22-23H,2-10,13-16H2,1H3/t19-,20?,22-,23?. The SMILES string of the molecule is CCCC[C@H]1CC[C@H](C2CCC(CCc3ccc(OC(F)(F)C(F)(F)F)cc3)CC2)CC1. The second-order valence-electron chi connectivity index (χ2n) is 10.0. The van der Waals surface area contributed by atoms with E-state index in [1.54, 1.807) is 12.1 Å². The Morgan fingerprint density at radius 2 is 1.25 bits per heavy atom. The van der Waals surface area contributed by atoms with Crippen molar-refractivity contribution in [1.29, 1.82) is 0 Å². The highest BCUT2D eigenvalue weighted by atomic mass is 19.4. The third-order valence-electron chi connectivity index (χ3n) is 7.76. The molecule has 2 saturated carbocycles. The molecule has 0 unspecified atom stereocenters. The number of aryl methyl sites for hydroxylation is 1. The smallest absolute Gasteiger partial charge is 0.426 e. The molecule has 0 saturated heterocycles. The summed E-state index contributed by atoms with van der Waals surface area (Å²) in [6.07, 6.45) is 5.81. The molecule has 6 heteroatoms. The highest BCUT2D eigenvalue weighted by Gasteiger charge is 2.61. The zero-order valence-corrected chi connectivity index (χ0v) is 19.1. The first kappa shape index (κ1) is 25.3. The summed E-state index contributed by atoms with van der Waals surface area (Å²) in [6, 6.07) is 5.57. The molecule has 0 atom stereocenters. The van der Waals surface area contributed by atoms with Gasteiger partial charge >= 0.3 is 12.3 Å². The van der Waals surface area contributed by atoms with Crippen molar-refractivity contribution in [1.82, 2.24) is 0 Å². The molecule has 0 amide bonds. The number of unbranched alkanes of at least 4 members (excludes halogenated alkanes) is 1. The molecular formula is C26H37F5O. The van der Waals surface area contributed by atoms with Crippen molar-refractivity contribution in [2.75, 3.05) is 0 Å². The van der Waals surface area contributed by atoms with Gasteiger partial charge in [0.1, 0.15) is 5.75 Å². The maximum Gasteiger partial charge on any atom is 0.499 e. The molecule has 0 spiro atoms. The third kappa shape index (κ3) is 7.08. The number of alkyl halides is 5. The van der Waals surface area contributed by atoms with Gasteiger partial charge in [-0.05, 0) is 79.9 Å². The largest absolute Gasteiger partial charge is 0.499 e. The van der Waals surface area contributed by atoms with Crippen LogP contribution in [0.2, 0.25) is 0 Å². The van der Waals surface area contributed by atoms with Crippen molar-refractivity contribution >= 4 is 0 Å². The van der Waals surface area contributed by atoms with Gasteiger partial charge in [-0.25, -0.2) is 0 Å². The molecule has 2 fully saturated rings. The number of ether oxygens (including phenoxy) is 1. The fourth-order valence-electron chi connectivity index (χ4n) is 5.69. The lowest BCUT2D eigenvalue weighted by Gasteiger charge is -2.38. The quantitative estimate of drug-likeness (QED) is 0.334. The predicted molar refractivity (Wildman–Crippen MR) is 117 cm³/mol. The number of halogens is 5. The van der Waals surface area contributed by atoms with Crippen molar-refractivity contribution in [2.24, 2.45) is 23.7 Å². The lowest BCUT2D eigenvalue weighted by atomic mass is 9.68. The summed E-state index contributed by atoms with van der Waals surface area (Å²) in [6.45, 7) is 2.27. The highest BCUT2D eigenvalue weighted by Crippen LogP contribution is 2.43. The van der Waals surface area contributed by atoms with Crippen molar-refractivity contribution in [3.8, 4) is 5.75 Å². The van der Waals surface area contributed by atoms with E-state index in [1.165, 1.54) is 82.8 Å². The van der Waals surface area contributed by atoms with Gasteiger partial charge < -0.3 is 4.74 Å². The van der Waals surface area contributed by atoms with Gasteiger partial charge in [0.2, 0.25) is 0 Å². The predicted octanol–water partition coefficient (Wildman–Crippen LogP) is 8.96. The summed E-state index contributed by atoms with van der Waals surface area (Å²) in [5.41, 5.74) is 0.945. The van der Waals surface area contributed by atoms with Gasteiger partial charge in [-0.3, -0.25) is 0 Å². The highest BCUT2D eigenvalue weighted by molar-refractivity contribution is 5.27. The molecule has 0 aliphatic heterocycles. The van der Waals surface area contributed by atoms with Gasteiger partial charge in [0, 0.05) is 0 Å². The molecule has 1 nitrogen and oxygen atoms in total. The van der Waals surface area contributed by atoms with Gasteiger partial charge in [0.05, 0.1) is 0 Å². The number of rotatable bonds is 9. The van der Waals surface area contributed by atoms with Crippen LogP contribution in [-0.4, -0.2) is 12.3 Å². The van der Waals surface area contributed by atoms with Gasteiger partial charge in [-0.2, -0.15) is 22.0 Å². The molecule has 0 heterocycles. The number of hydrogen-bond donors (Lipinski definition) is 0. The lowest BCUT2D eigenvalue weighted by molar-refractivity contribution is -0.360. The Morgan fingerprint density at radius 1 is 0.750 bits per heavy atom. The first-order chi connectivity index (χ1) is 15.2. The van der Waals surface area contributed by atoms with Crippen LogP contribution in [0.15, 0.2) is 24.3 Å². The van der Waals surface area contributed by atoms with Crippen LogP contribution < -0.4 is 4.74 Å². The maximum atomic E-state index is 13.0. The molecule has 2 aliphatic rings. The summed E-state index contributed by atoms with van der Waals surface area (Å²) in [7, 11) is 0. The molecule has 0 radical (unpaired) electrons. The molecule has 1 aromatic carbocycles. The second-order valence-corrected chi connectivity index (χ2v) is 10.0. The van der Waals surface area contributed by atoms with E-state index in [4.69, 9.17) is 0 Å². The molecule has 0 N–H and O–H groups in total. The van der Waals surface area contributed by atoms with Gasteiger partial charge in [-0.1, -0.05) is 64.0 Å². The Balaban J connectivity index is 1.36. The van der Waals surface area contributed by atoms with Crippen molar-refractivity contribution in [3.63, 3.8) is 0 Å². The van der Waals surface area contributed by atoms with Crippen LogP contribution in [0, 0.1) is 23.7 Å². The lowest BCUT2D eigenvalue weighted by Crippen LogP contribution is -2.41. The van der Waals surface area contributed by atoms with Crippen LogP contribution in [0.1, 0.15) is 89.5 Å². The summed E-state index contributed by atoms with van der Waals surface area (Å²) < 4.78 is 66.6. The van der Waals surface area contributed by atoms with Gasteiger partial charge in [0.25, 0.3) is 0 Å². The zero-order valence-electron chi connectivity index (χ0n) is 19.1. The van der Waals surface area contributed by atoms with Crippen LogP contribution >= 0.6 is 0 Å². The van der Waals surface area contributed by atoms with Crippen LogP contribution in [0.5, 0.6) is 5.75 Å². The maximum absolute atomic E-state index is 13.0. The summed E-state index contributed by atoms with van der Waals surface area (Å²) >= 11 is 0. The number of hydrogen-bond acceptors (Lipinski definition) is 1. The minimum Gasteiger partial charge on any atom is -0.426 e. The minimum absolute atomic E-state index is 0.471. The van der Waals surface area contributed by atoms with Crippen molar-refractivity contribution in [3.05, 3.63) is 29.8 Å². The zero-order chi connectivity index (χ0) is 23.2. The second kappa shape index (κ2) is 11.2. The van der Waals surface area contributed by atoms with E-state index in [-0.39, 0.29) is 0 Å². The Morgan fingerprint density at radius 3 is 1.72 bits per heavy atom. The summed E-state index contributed by atoms with van der Waals surface area (Å²) in [4.78, 5) is 0. The van der Waals surface area contributed by atoms with E-state index in [9.17, 15) is 22.0 Å². The van der Waals surface area contributed by atoms with Gasteiger partial charge in [-0.15, -0.1) is 0 Å². The summed E-state index contributed by atoms with van der Waals surface area (Å²) in [5.74, 6) is 2.96. The minimum atomic E-state index is -5.72. The molecule has 3 rings (SSSR count). The molecule has 1 aromatic rings. The van der Waals surface area contributed by atoms with Crippen molar-refractivity contribution in [2.45, 2.75) is 103 Å². The molecule has 0 aromatic heterocycles. The van der Waals surface area contributed by atoms with E-state index >= 15 is 0 Å². The molecule has 2 aliphatic carbocycles.